The van der Waals surface area contributed by atoms with Crippen molar-refractivity contribution in [1.29, 1.82) is 0 Å². The molecule has 2 N–H and O–H groups in total. The molecule has 6 heteroatoms. The minimum atomic E-state index is -0.100. The average Bonchev–Trinajstić information content (AvgIpc) is 3.23. The van der Waals surface area contributed by atoms with Crippen molar-refractivity contribution in [2.24, 2.45) is 5.92 Å². The zero-order valence-corrected chi connectivity index (χ0v) is 11.0. The van der Waals surface area contributed by atoms with Crippen molar-refractivity contribution in [1.82, 2.24) is 19.8 Å². The van der Waals surface area contributed by atoms with Crippen molar-refractivity contribution in [3.05, 3.63) is 18.1 Å². The van der Waals surface area contributed by atoms with Gasteiger partial charge >= 0.3 is 0 Å². The third-order valence-corrected chi connectivity index (χ3v) is 3.80. The van der Waals surface area contributed by atoms with Gasteiger partial charge in [-0.05, 0) is 18.8 Å². The maximum Gasteiger partial charge on any atom is 0.276 e. The Morgan fingerprint density at radius 1 is 1.21 bits per heavy atom. The summed E-state index contributed by atoms with van der Waals surface area (Å²) in [6.45, 7) is 4.59. The van der Waals surface area contributed by atoms with Gasteiger partial charge in [-0.15, -0.1) is 0 Å². The third kappa shape index (κ3) is 2.84. The van der Waals surface area contributed by atoms with Gasteiger partial charge in [0.25, 0.3) is 5.91 Å². The van der Waals surface area contributed by atoms with Gasteiger partial charge in [-0.2, -0.15) is 0 Å². The second kappa shape index (κ2) is 5.13. The van der Waals surface area contributed by atoms with Crippen molar-refractivity contribution in [3.8, 4) is 0 Å². The Morgan fingerprint density at radius 2 is 1.89 bits per heavy atom. The molecule has 3 rings (SSSR count). The number of hydrogen-bond acceptors (Lipinski definition) is 5. The van der Waals surface area contributed by atoms with Gasteiger partial charge in [0.2, 0.25) is 0 Å². The topological polar surface area (TPSA) is 75.3 Å². The third-order valence-electron chi connectivity index (χ3n) is 3.80. The van der Waals surface area contributed by atoms with Crippen LogP contribution in [0.3, 0.4) is 0 Å². The average molecular weight is 261 g/mol. The molecule has 1 aromatic rings. The summed E-state index contributed by atoms with van der Waals surface area (Å²) in [4.78, 5) is 24.5. The van der Waals surface area contributed by atoms with E-state index in [1.165, 1.54) is 31.8 Å². The van der Waals surface area contributed by atoms with Gasteiger partial charge in [-0.25, -0.2) is 9.97 Å². The number of piperazine rings is 1. The van der Waals surface area contributed by atoms with Gasteiger partial charge in [0, 0.05) is 45.1 Å². The van der Waals surface area contributed by atoms with Crippen molar-refractivity contribution in [2.45, 2.75) is 12.8 Å². The number of nitrogens with zero attached hydrogens (tertiary/aromatic N) is 4. The first-order valence-corrected chi connectivity index (χ1v) is 6.82. The molecule has 0 aromatic carbocycles. The first-order chi connectivity index (χ1) is 9.24. The number of aromatic nitrogens is 2. The lowest BCUT2D eigenvalue weighted by Crippen LogP contribution is -2.49. The van der Waals surface area contributed by atoms with Gasteiger partial charge in [0.1, 0.15) is 0 Å². The monoisotopic (exact) mass is 261 g/mol. The summed E-state index contributed by atoms with van der Waals surface area (Å²) in [5.41, 5.74) is 5.97. The number of carbonyl (C=O) groups is 1. The molecule has 1 aliphatic carbocycles. The highest BCUT2D eigenvalue weighted by Gasteiger charge is 2.28. The number of nitrogen functional groups attached to an aromatic ring is 1. The van der Waals surface area contributed by atoms with E-state index in [9.17, 15) is 4.79 Å². The van der Waals surface area contributed by atoms with Crippen LogP contribution < -0.4 is 5.73 Å². The van der Waals surface area contributed by atoms with Crippen molar-refractivity contribution in [2.75, 3.05) is 38.5 Å². The molecule has 0 bridgehead atoms. The summed E-state index contributed by atoms with van der Waals surface area (Å²) in [7, 11) is 0. The molecule has 0 radical (unpaired) electrons. The normalized spacial score (nSPS) is 20.5. The summed E-state index contributed by atoms with van der Waals surface area (Å²) in [6, 6.07) is 0. The zero-order chi connectivity index (χ0) is 13.2. The molecule has 1 saturated heterocycles. The molecule has 2 heterocycles. The second-order valence-corrected chi connectivity index (χ2v) is 5.33. The van der Waals surface area contributed by atoms with Crippen LogP contribution in [-0.2, 0) is 0 Å². The molecule has 1 saturated carbocycles. The first-order valence-electron chi connectivity index (χ1n) is 6.82. The zero-order valence-electron chi connectivity index (χ0n) is 11.0. The van der Waals surface area contributed by atoms with E-state index < -0.39 is 0 Å². The number of hydrogen-bond donors (Lipinski definition) is 1. The van der Waals surface area contributed by atoms with Crippen molar-refractivity contribution < 1.29 is 4.79 Å². The molecule has 2 aliphatic rings. The number of nitrogens with two attached hydrogens (primary N) is 1. The molecule has 2 fully saturated rings. The lowest BCUT2D eigenvalue weighted by Gasteiger charge is -2.34. The Labute approximate surface area is 112 Å². The molecular formula is C13H19N5O. The number of amides is 1. The van der Waals surface area contributed by atoms with E-state index in [1.54, 1.807) is 0 Å². The van der Waals surface area contributed by atoms with E-state index in [2.05, 4.69) is 14.9 Å². The highest BCUT2D eigenvalue weighted by atomic mass is 16.2. The van der Waals surface area contributed by atoms with Crippen LogP contribution in [0.5, 0.6) is 0 Å². The van der Waals surface area contributed by atoms with Gasteiger partial charge in [-0.1, -0.05) is 0 Å². The lowest BCUT2D eigenvalue weighted by atomic mass is 10.2. The lowest BCUT2D eigenvalue weighted by molar-refractivity contribution is 0.0627. The predicted molar refractivity (Wildman–Crippen MR) is 71.5 cm³/mol. The molecule has 1 aliphatic heterocycles. The molecule has 19 heavy (non-hydrogen) atoms. The van der Waals surface area contributed by atoms with Crippen LogP contribution in [0.15, 0.2) is 12.4 Å². The second-order valence-electron chi connectivity index (χ2n) is 5.33. The Bertz CT molecular complexity index is 466. The van der Waals surface area contributed by atoms with Crippen LogP contribution in [0.1, 0.15) is 23.3 Å². The Hall–Kier alpha value is -1.69. The van der Waals surface area contributed by atoms with Crippen LogP contribution in [0.2, 0.25) is 0 Å². The van der Waals surface area contributed by atoms with Gasteiger partial charge < -0.3 is 10.6 Å². The fraction of sp³-hybridized carbons (Fsp3) is 0.615. The minimum Gasteiger partial charge on any atom is -0.382 e. The summed E-state index contributed by atoms with van der Waals surface area (Å²) < 4.78 is 0. The minimum absolute atomic E-state index is 0.100. The van der Waals surface area contributed by atoms with Crippen molar-refractivity contribution in [3.63, 3.8) is 0 Å². The number of carbonyl (C=O) groups excluding carboxylic acids is 1. The Balaban J connectivity index is 1.58. The summed E-state index contributed by atoms with van der Waals surface area (Å²) >= 11 is 0. The maximum absolute atomic E-state index is 12.3. The number of anilines is 1. The van der Waals surface area contributed by atoms with E-state index in [-0.39, 0.29) is 17.4 Å². The van der Waals surface area contributed by atoms with E-state index in [1.807, 2.05) is 4.90 Å². The predicted octanol–water partition coefficient (Wildman–Crippen LogP) is 0.227. The number of rotatable bonds is 3. The van der Waals surface area contributed by atoms with Gasteiger partial charge in [0.05, 0.1) is 0 Å². The van der Waals surface area contributed by atoms with E-state index in [0.717, 1.165) is 32.1 Å². The molecule has 1 amide bonds. The SMILES string of the molecule is Nc1nccnc1C(=O)N1CCN(CC2CC2)CC1. The molecule has 6 nitrogen and oxygen atoms in total. The molecule has 1 aromatic heterocycles. The van der Waals surface area contributed by atoms with Crippen LogP contribution in [0, 0.1) is 5.92 Å². The van der Waals surface area contributed by atoms with Crippen LogP contribution in [0.4, 0.5) is 5.82 Å². The summed E-state index contributed by atoms with van der Waals surface area (Å²) in [5.74, 6) is 1.02. The molecular weight excluding hydrogens is 242 g/mol. The standard InChI is InChI=1S/C13H19N5O/c14-12-11(15-3-4-16-12)13(19)18-7-5-17(6-8-18)9-10-1-2-10/h3-4,10H,1-2,5-9H2,(H2,14,16). The molecule has 0 unspecified atom stereocenters. The first kappa shape index (κ1) is 12.3. The molecule has 0 spiro atoms. The Morgan fingerprint density at radius 3 is 2.53 bits per heavy atom. The molecule has 0 atom stereocenters. The summed E-state index contributed by atoms with van der Waals surface area (Å²) in [5, 5.41) is 0. The maximum atomic E-state index is 12.3. The highest BCUT2D eigenvalue weighted by Crippen LogP contribution is 2.29. The Kier molecular flexibility index (Phi) is 3.33. The van der Waals surface area contributed by atoms with Crippen molar-refractivity contribution >= 4 is 11.7 Å². The fourth-order valence-electron chi connectivity index (χ4n) is 2.46. The smallest absolute Gasteiger partial charge is 0.276 e. The van der Waals surface area contributed by atoms with Gasteiger partial charge in [0.15, 0.2) is 11.5 Å². The summed E-state index contributed by atoms with van der Waals surface area (Å²) in [6.07, 6.45) is 5.75. The quantitative estimate of drug-likeness (QED) is 0.843. The largest absolute Gasteiger partial charge is 0.382 e. The van der Waals surface area contributed by atoms with E-state index >= 15 is 0 Å². The fourth-order valence-corrected chi connectivity index (χ4v) is 2.46. The molecule has 102 valence electrons. The van der Waals surface area contributed by atoms with E-state index in [0.29, 0.717) is 0 Å². The van der Waals surface area contributed by atoms with Crippen LogP contribution in [-0.4, -0.2) is 58.4 Å². The van der Waals surface area contributed by atoms with Crippen LogP contribution in [0.25, 0.3) is 0 Å². The highest BCUT2D eigenvalue weighted by molar-refractivity contribution is 5.96. The van der Waals surface area contributed by atoms with Crippen LogP contribution >= 0.6 is 0 Å². The van der Waals surface area contributed by atoms with Gasteiger partial charge in [-0.3, -0.25) is 9.69 Å². The van der Waals surface area contributed by atoms with E-state index in [4.69, 9.17) is 5.73 Å².